The highest BCUT2D eigenvalue weighted by Gasteiger charge is 2.03. The summed E-state index contributed by atoms with van der Waals surface area (Å²) in [4.78, 5) is 0. The van der Waals surface area contributed by atoms with E-state index in [4.69, 9.17) is 37.7 Å². The standard InChI is InChI=1S/C30H62O11S/c1-2-3-4-5-6-7-8-9-10-11-12-13-14-15-16-34-17-18-35-19-20-36-21-22-37-23-24-38-25-26-39-27-28-40-29-30-41-42(31,32)33/h2-30H2,1H3,(H,31,32,33). The summed E-state index contributed by atoms with van der Waals surface area (Å²) in [6, 6.07) is 0. The molecule has 0 atom stereocenters. The zero-order valence-electron chi connectivity index (χ0n) is 26.4. The molecule has 0 saturated carbocycles. The van der Waals surface area contributed by atoms with Gasteiger partial charge in [0.2, 0.25) is 0 Å². The molecule has 42 heavy (non-hydrogen) atoms. The van der Waals surface area contributed by atoms with Crippen LogP contribution in [0.5, 0.6) is 0 Å². The van der Waals surface area contributed by atoms with Crippen molar-refractivity contribution < 1.29 is 50.3 Å². The first-order chi connectivity index (χ1) is 20.6. The molecule has 0 aromatic heterocycles. The summed E-state index contributed by atoms with van der Waals surface area (Å²) in [5, 5.41) is 0. The fourth-order valence-electron chi connectivity index (χ4n) is 4.02. The molecule has 1 N–H and O–H groups in total. The van der Waals surface area contributed by atoms with Gasteiger partial charge in [-0.1, -0.05) is 90.4 Å². The molecule has 254 valence electrons. The lowest BCUT2D eigenvalue weighted by Crippen LogP contribution is -2.15. The van der Waals surface area contributed by atoms with Crippen LogP contribution in [0, 0.1) is 0 Å². The Balaban J connectivity index is 3.05. The fraction of sp³-hybridized carbons (Fsp3) is 1.00. The Hall–Kier alpha value is -0.410. The Morgan fingerprint density at radius 1 is 0.357 bits per heavy atom. The molecule has 0 bridgehead atoms. The SMILES string of the molecule is CCCCCCCCCCCCCCCCOCCOCCOCCOCCOCCOCCOCCOS(=O)(=O)O. The first-order valence-electron chi connectivity index (χ1n) is 16.2. The maximum atomic E-state index is 10.3. The number of ether oxygens (including phenoxy) is 7. The van der Waals surface area contributed by atoms with Crippen LogP contribution in [-0.4, -0.2) is 112 Å². The Morgan fingerprint density at radius 3 is 0.881 bits per heavy atom. The second kappa shape index (κ2) is 35.1. The molecule has 0 unspecified atom stereocenters. The van der Waals surface area contributed by atoms with E-state index in [-0.39, 0.29) is 19.8 Å². The van der Waals surface area contributed by atoms with Crippen molar-refractivity contribution >= 4 is 10.4 Å². The molecule has 0 spiro atoms. The van der Waals surface area contributed by atoms with Gasteiger partial charge in [-0.25, -0.2) is 4.18 Å². The molecule has 0 heterocycles. The summed E-state index contributed by atoms with van der Waals surface area (Å²) in [5.41, 5.74) is 0. The predicted octanol–water partition coefficient (Wildman–Crippen LogP) is 5.40. The zero-order chi connectivity index (χ0) is 30.7. The summed E-state index contributed by atoms with van der Waals surface area (Å²) in [6.45, 7) is 8.66. The molecule has 0 aromatic carbocycles. The third-order valence-electron chi connectivity index (χ3n) is 6.33. The Kier molecular flexibility index (Phi) is 34.7. The van der Waals surface area contributed by atoms with Crippen molar-refractivity contribution in [2.24, 2.45) is 0 Å². The molecule has 11 nitrogen and oxygen atoms in total. The van der Waals surface area contributed by atoms with E-state index in [1.165, 1.54) is 83.5 Å². The minimum atomic E-state index is -4.41. The molecule has 0 rings (SSSR count). The largest absolute Gasteiger partial charge is 0.397 e. The van der Waals surface area contributed by atoms with Gasteiger partial charge in [0.25, 0.3) is 0 Å². The second-order valence-electron chi connectivity index (χ2n) is 10.1. The molecular formula is C30H62O11S. The van der Waals surface area contributed by atoms with Crippen LogP contribution in [0.4, 0.5) is 0 Å². The third kappa shape index (κ3) is 39.6. The van der Waals surface area contributed by atoms with Crippen LogP contribution in [0.3, 0.4) is 0 Å². The first kappa shape index (κ1) is 41.6. The highest BCUT2D eigenvalue weighted by molar-refractivity contribution is 7.80. The van der Waals surface area contributed by atoms with Crippen molar-refractivity contribution in [3.8, 4) is 0 Å². The number of unbranched alkanes of at least 4 members (excludes halogenated alkanes) is 13. The maximum Gasteiger partial charge on any atom is 0.397 e. The van der Waals surface area contributed by atoms with Gasteiger partial charge in [-0.05, 0) is 6.42 Å². The fourth-order valence-corrected chi connectivity index (χ4v) is 4.30. The number of hydrogen-bond acceptors (Lipinski definition) is 10. The normalized spacial score (nSPS) is 12.0. The van der Waals surface area contributed by atoms with Gasteiger partial charge < -0.3 is 33.2 Å². The van der Waals surface area contributed by atoms with Gasteiger partial charge in [-0.15, -0.1) is 0 Å². The van der Waals surface area contributed by atoms with E-state index in [0.717, 1.165) is 13.0 Å². The van der Waals surface area contributed by atoms with E-state index in [1.54, 1.807) is 0 Å². The lowest BCUT2D eigenvalue weighted by molar-refractivity contribution is -0.0213. The molecule has 0 aliphatic rings. The van der Waals surface area contributed by atoms with E-state index >= 15 is 0 Å². The van der Waals surface area contributed by atoms with Gasteiger partial charge >= 0.3 is 10.4 Å². The Bertz CT molecular complexity index is 608. The van der Waals surface area contributed by atoms with Crippen LogP contribution in [0.2, 0.25) is 0 Å². The molecule has 12 heteroatoms. The van der Waals surface area contributed by atoms with Crippen molar-refractivity contribution in [3.05, 3.63) is 0 Å². The minimum Gasteiger partial charge on any atom is -0.379 e. The molecule has 0 amide bonds. The summed E-state index contributed by atoms with van der Waals surface area (Å²) in [7, 11) is -4.41. The van der Waals surface area contributed by atoms with Gasteiger partial charge in [-0.3, -0.25) is 4.55 Å². The molecule has 0 aliphatic carbocycles. The monoisotopic (exact) mass is 630 g/mol. The molecule has 0 fully saturated rings. The van der Waals surface area contributed by atoms with E-state index in [9.17, 15) is 8.42 Å². The topological polar surface area (TPSA) is 128 Å². The van der Waals surface area contributed by atoms with E-state index < -0.39 is 10.4 Å². The average Bonchev–Trinajstić information content (AvgIpc) is 2.96. The van der Waals surface area contributed by atoms with Gasteiger partial charge in [0.1, 0.15) is 0 Å². The third-order valence-corrected chi connectivity index (χ3v) is 6.80. The number of hydrogen-bond donors (Lipinski definition) is 1. The second-order valence-corrected chi connectivity index (χ2v) is 11.2. The first-order valence-corrected chi connectivity index (χ1v) is 17.6. The van der Waals surface area contributed by atoms with Gasteiger partial charge in [0, 0.05) is 6.61 Å². The molecular weight excluding hydrogens is 568 g/mol. The smallest absolute Gasteiger partial charge is 0.379 e. The van der Waals surface area contributed by atoms with Crippen molar-refractivity contribution in [2.75, 3.05) is 99.1 Å². The van der Waals surface area contributed by atoms with Crippen molar-refractivity contribution in [1.29, 1.82) is 0 Å². The predicted molar refractivity (Wildman–Crippen MR) is 164 cm³/mol. The lowest BCUT2D eigenvalue weighted by atomic mass is 10.0. The van der Waals surface area contributed by atoms with Gasteiger partial charge in [0.05, 0.1) is 92.5 Å². The zero-order valence-corrected chi connectivity index (χ0v) is 27.3. The van der Waals surface area contributed by atoms with Crippen molar-refractivity contribution in [3.63, 3.8) is 0 Å². The van der Waals surface area contributed by atoms with Crippen LogP contribution in [0.1, 0.15) is 96.8 Å². The molecule has 0 radical (unpaired) electrons. The van der Waals surface area contributed by atoms with Crippen LogP contribution in [-0.2, 0) is 47.7 Å². The van der Waals surface area contributed by atoms with Crippen LogP contribution < -0.4 is 0 Å². The van der Waals surface area contributed by atoms with Crippen molar-refractivity contribution in [1.82, 2.24) is 0 Å². The van der Waals surface area contributed by atoms with Crippen LogP contribution in [0.15, 0.2) is 0 Å². The average molecular weight is 631 g/mol. The van der Waals surface area contributed by atoms with Gasteiger partial charge in [0.15, 0.2) is 0 Å². The highest BCUT2D eigenvalue weighted by Crippen LogP contribution is 2.12. The van der Waals surface area contributed by atoms with E-state index in [1.807, 2.05) is 0 Å². The van der Waals surface area contributed by atoms with Crippen molar-refractivity contribution in [2.45, 2.75) is 96.8 Å². The van der Waals surface area contributed by atoms with E-state index in [0.29, 0.717) is 72.7 Å². The Morgan fingerprint density at radius 2 is 0.595 bits per heavy atom. The summed E-state index contributed by atoms with van der Waals surface area (Å²) in [5.74, 6) is 0. The summed E-state index contributed by atoms with van der Waals surface area (Å²) < 4.78 is 71.0. The Labute approximate surface area is 256 Å². The lowest BCUT2D eigenvalue weighted by Gasteiger charge is -2.08. The summed E-state index contributed by atoms with van der Waals surface area (Å²) >= 11 is 0. The molecule has 0 aromatic rings. The highest BCUT2D eigenvalue weighted by atomic mass is 32.3. The van der Waals surface area contributed by atoms with Gasteiger partial charge in [-0.2, -0.15) is 8.42 Å². The molecule has 0 saturated heterocycles. The quantitative estimate of drug-likeness (QED) is 0.0700. The summed E-state index contributed by atoms with van der Waals surface area (Å²) in [6.07, 6.45) is 19.1. The molecule has 0 aliphatic heterocycles. The van der Waals surface area contributed by atoms with Crippen LogP contribution >= 0.6 is 0 Å². The number of rotatable bonds is 37. The maximum absolute atomic E-state index is 10.3. The minimum absolute atomic E-state index is 0.0439. The van der Waals surface area contributed by atoms with Crippen LogP contribution in [0.25, 0.3) is 0 Å². The van der Waals surface area contributed by atoms with E-state index in [2.05, 4.69) is 11.1 Å².